The molecule has 0 aliphatic carbocycles. The number of carbonyl (C=O) groups is 3. The number of hydrogen-bond donors (Lipinski definition) is 2. The number of ether oxygens (including phenoxy) is 2. The first-order valence-electron chi connectivity index (χ1n) is 12.3. The lowest BCUT2D eigenvalue weighted by Crippen LogP contribution is -2.44. The summed E-state index contributed by atoms with van der Waals surface area (Å²) >= 11 is 0. The fraction of sp³-hybridized carbons (Fsp3) is 0.321. The van der Waals surface area contributed by atoms with Gasteiger partial charge < -0.3 is 24.5 Å². The maximum atomic E-state index is 13.5. The van der Waals surface area contributed by atoms with Crippen LogP contribution in [0, 0.1) is 0 Å². The second-order valence-electron chi connectivity index (χ2n) is 9.38. The normalized spacial score (nSPS) is 17.9. The largest absolute Gasteiger partial charge is 0.464 e. The minimum absolute atomic E-state index is 0.0104. The summed E-state index contributed by atoms with van der Waals surface area (Å²) in [5.74, 6) is -1.83. The molecule has 10 heteroatoms. The Morgan fingerprint density at radius 1 is 1.24 bits per heavy atom. The Morgan fingerprint density at radius 3 is 2.66 bits per heavy atom. The SMILES string of the molecule is CCc1c2c(nc3ccc(C=C(NC(C)=O)C(=O)OC)cc13)-c1cc3c(c(=O)n1C2)COC(=O)[C@]3(O)CC. The molecule has 0 radical (unpaired) electrons. The van der Waals surface area contributed by atoms with Crippen molar-refractivity contribution >= 4 is 34.8 Å². The van der Waals surface area contributed by atoms with Gasteiger partial charge in [0.05, 0.1) is 36.1 Å². The highest BCUT2D eigenvalue weighted by Crippen LogP contribution is 2.40. The third-order valence-corrected chi connectivity index (χ3v) is 7.21. The number of esters is 2. The fourth-order valence-electron chi connectivity index (χ4n) is 5.29. The molecule has 2 aliphatic rings. The quantitative estimate of drug-likeness (QED) is 0.304. The Hall–Kier alpha value is -4.31. The molecule has 1 atom stereocenters. The van der Waals surface area contributed by atoms with Gasteiger partial charge in [-0.05, 0) is 48.2 Å². The fourth-order valence-corrected chi connectivity index (χ4v) is 5.29. The monoisotopic (exact) mass is 517 g/mol. The number of benzene rings is 1. The summed E-state index contributed by atoms with van der Waals surface area (Å²) in [6.07, 6.45) is 2.25. The lowest BCUT2D eigenvalue weighted by Gasteiger charge is -2.31. The molecule has 0 bridgehead atoms. The number of nitrogens with one attached hydrogen (secondary N) is 1. The Kier molecular flexibility index (Phi) is 6.15. The maximum absolute atomic E-state index is 13.5. The van der Waals surface area contributed by atoms with Gasteiger partial charge in [0.25, 0.3) is 5.56 Å². The molecule has 3 aromatic rings. The maximum Gasteiger partial charge on any atom is 0.354 e. The van der Waals surface area contributed by atoms with Gasteiger partial charge in [-0.1, -0.05) is 19.9 Å². The molecule has 2 aliphatic heterocycles. The topological polar surface area (TPSA) is 137 Å². The average Bonchev–Trinajstić information content (AvgIpc) is 3.27. The van der Waals surface area contributed by atoms with Crippen LogP contribution < -0.4 is 10.9 Å². The molecule has 196 valence electrons. The minimum atomic E-state index is -1.89. The molecule has 0 saturated heterocycles. The van der Waals surface area contributed by atoms with Crippen LogP contribution in [0.1, 0.15) is 55.0 Å². The number of cyclic esters (lactones) is 1. The highest BCUT2D eigenvalue weighted by Gasteiger charge is 2.45. The molecule has 38 heavy (non-hydrogen) atoms. The summed E-state index contributed by atoms with van der Waals surface area (Å²) in [5.41, 5.74) is 2.73. The summed E-state index contributed by atoms with van der Waals surface area (Å²) in [6.45, 7) is 5.09. The minimum Gasteiger partial charge on any atom is -0.464 e. The highest BCUT2D eigenvalue weighted by molar-refractivity contribution is 5.98. The van der Waals surface area contributed by atoms with Gasteiger partial charge in [-0.3, -0.25) is 9.59 Å². The van der Waals surface area contributed by atoms with E-state index in [1.807, 2.05) is 19.1 Å². The molecule has 1 amide bonds. The van der Waals surface area contributed by atoms with Crippen molar-refractivity contribution in [3.8, 4) is 11.4 Å². The number of amides is 1. The molecule has 0 spiro atoms. The van der Waals surface area contributed by atoms with Crippen LogP contribution in [0.4, 0.5) is 0 Å². The predicted molar refractivity (Wildman–Crippen MR) is 138 cm³/mol. The van der Waals surface area contributed by atoms with Crippen LogP contribution in [0.2, 0.25) is 0 Å². The number of aryl methyl sites for hydroxylation is 1. The Labute approximate surface area is 217 Å². The third-order valence-electron chi connectivity index (χ3n) is 7.21. The van der Waals surface area contributed by atoms with Crippen LogP contribution >= 0.6 is 0 Å². The van der Waals surface area contributed by atoms with Crippen LogP contribution in [0.15, 0.2) is 34.8 Å². The van der Waals surface area contributed by atoms with Crippen molar-refractivity contribution in [2.24, 2.45) is 0 Å². The molecule has 2 N–H and O–H groups in total. The van der Waals surface area contributed by atoms with Crippen LogP contribution in [-0.4, -0.2) is 39.6 Å². The van der Waals surface area contributed by atoms with Gasteiger partial charge in [-0.2, -0.15) is 0 Å². The zero-order valence-electron chi connectivity index (χ0n) is 21.5. The van der Waals surface area contributed by atoms with Gasteiger partial charge in [0.15, 0.2) is 5.60 Å². The number of methoxy groups -OCH3 is 1. The van der Waals surface area contributed by atoms with Crippen LogP contribution in [0.3, 0.4) is 0 Å². The molecule has 5 rings (SSSR count). The number of pyridine rings is 2. The van der Waals surface area contributed by atoms with Gasteiger partial charge in [-0.15, -0.1) is 0 Å². The summed E-state index contributed by atoms with van der Waals surface area (Å²) < 4.78 is 11.5. The van der Waals surface area contributed by atoms with Gasteiger partial charge in [0.2, 0.25) is 5.91 Å². The van der Waals surface area contributed by atoms with Crippen molar-refractivity contribution in [2.75, 3.05) is 7.11 Å². The average molecular weight is 518 g/mol. The molecular formula is C28H27N3O7. The number of rotatable bonds is 5. The first kappa shape index (κ1) is 25.3. The molecule has 0 unspecified atom stereocenters. The van der Waals surface area contributed by atoms with Crippen LogP contribution in [-0.2, 0) is 49.0 Å². The second kappa shape index (κ2) is 9.21. The molecule has 0 saturated carbocycles. The zero-order chi connectivity index (χ0) is 27.4. The van der Waals surface area contributed by atoms with E-state index in [1.54, 1.807) is 23.6 Å². The first-order chi connectivity index (χ1) is 18.1. The van der Waals surface area contributed by atoms with Gasteiger partial charge in [0.1, 0.15) is 12.3 Å². The van der Waals surface area contributed by atoms with E-state index < -0.39 is 23.4 Å². The summed E-state index contributed by atoms with van der Waals surface area (Å²) in [7, 11) is 1.24. The standard InChI is InChI=1S/C28H27N3O7/c1-5-16-17-9-15(10-22(26(34)37-4)29-14(3)32)7-8-21(17)30-24-18(16)12-31-23(24)11-20-19(25(31)33)13-38-27(35)28(20,36)6-2/h7-11,36H,5-6,12-13H2,1-4H3,(H,29,32)/t28-/m0/s1. The lowest BCUT2D eigenvalue weighted by atomic mass is 9.86. The van der Waals surface area contributed by atoms with E-state index in [4.69, 9.17) is 14.5 Å². The van der Waals surface area contributed by atoms with Gasteiger partial charge in [0, 0.05) is 23.4 Å². The van der Waals surface area contributed by atoms with E-state index >= 15 is 0 Å². The van der Waals surface area contributed by atoms with Crippen LogP contribution in [0.5, 0.6) is 0 Å². The second-order valence-corrected chi connectivity index (χ2v) is 9.38. The molecule has 4 heterocycles. The summed E-state index contributed by atoms with van der Waals surface area (Å²) in [4.78, 5) is 54.5. The third kappa shape index (κ3) is 3.79. The van der Waals surface area contributed by atoms with Crippen molar-refractivity contribution in [1.82, 2.24) is 14.9 Å². The van der Waals surface area contributed by atoms with Crippen molar-refractivity contribution in [1.29, 1.82) is 0 Å². The number of aliphatic hydroxyl groups is 1. The first-order valence-corrected chi connectivity index (χ1v) is 12.3. The predicted octanol–water partition coefficient (Wildman–Crippen LogP) is 2.29. The van der Waals surface area contributed by atoms with E-state index in [2.05, 4.69) is 5.32 Å². The van der Waals surface area contributed by atoms with E-state index in [-0.39, 0.29) is 35.4 Å². The molecule has 2 aromatic heterocycles. The zero-order valence-corrected chi connectivity index (χ0v) is 21.5. The van der Waals surface area contributed by atoms with Crippen molar-refractivity contribution < 1.29 is 29.0 Å². The Morgan fingerprint density at radius 2 is 2.00 bits per heavy atom. The Balaban J connectivity index is 1.69. The number of aromatic nitrogens is 2. The molecule has 1 aromatic carbocycles. The highest BCUT2D eigenvalue weighted by atomic mass is 16.6. The molecular weight excluding hydrogens is 490 g/mol. The summed E-state index contributed by atoms with van der Waals surface area (Å²) in [5, 5.41) is 14.4. The smallest absolute Gasteiger partial charge is 0.354 e. The lowest BCUT2D eigenvalue weighted by molar-refractivity contribution is -0.172. The van der Waals surface area contributed by atoms with Crippen molar-refractivity contribution in [2.45, 2.75) is 52.4 Å². The van der Waals surface area contributed by atoms with E-state index in [1.165, 1.54) is 20.1 Å². The summed E-state index contributed by atoms with van der Waals surface area (Å²) in [6, 6.07) is 7.15. The van der Waals surface area contributed by atoms with E-state index in [0.29, 0.717) is 35.4 Å². The number of hydrogen-bond acceptors (Lipinski definition) is 8. The Bertz CT molecular complexity index is 1640. The van der Waals surface area contributed by atoms with E-state index in [9.17, 15) is 24.3 Å². The van der Waals surface area contributed by atoms with Gasteiger partial charge in [-0.25, -0.2) is 14.6 Å². The molecule has 0 fully saturated rings. The van der Waals surface area contributed by atoms with Gasteiger partial charge >= 0.3 is 11.9 Å². The van der Waals surface area contributed by atoms with Crippen LogP contribution in [0.25, 0.3) is 28.4 Å². The van der Waals surface area contributed by atoms with E-state index in [0.717, 1.165) is 16.5 Å². The number of fused-ring (bicyclic) bond motifs is 5. The number of nitrogens with zero attached hydrogens (tertiary/aromatic N) is 2. The molecule has 10 nitrogen and oxygen atoms in total. The number of carbonyl (C=O) groups excluding carboxylic acids is 3. The van der Waals surface area contributed by atoms with Crippen molar-refractivity contribution in [3.05, 3.63) is 68.1 Å². The van der Waals surface area contributed by atoms with Crippen molar-refractivity contribution in [3.63, 3.8) is 0 Å².